The highest BCUT2D eigenvalue weighted by atomic mass is 32.2. The zero-order valence-corrected chi connectivity index (χ0v) is 20.5. The number of benzene rings is 4. The molecule has 1 unspecified atom stereocenters. The van der Waals surface area contributed by atoms with Crippen LogP contribution in [-0.2, 0) is 4.79 Å². The van der Waals surface area contributed by atoms with Crippen molar-refractivity contribution in [1.82, 2.24) is 5.01 Å². The molecule has 0 radical (unpaired) electrons. The van der Waals surface area contributed by atoms with E-state index in [9.17, 15) is 14.9 Å². The van der Waals surface area contributed by atoms with Crippen LogP contribution in [0.5, 0.6) is 0 Å². The Morgan fingerprint density at radius 3 is 2.08 bits per heavy atom. The van der Waals surface area contributed by atoms with Gasteiger partial charge >= 0.3 is 0 Å². The molecule has 37 heavy (non-hydrogen) atoms. The lowest BCUT2D eigenvalue weighted by atomic mass is 9.98. The Balaban J connectivity index is 1.36. The number of amides is 1. The summed E-state index contributed by atoms with van der Waals surface area (Å²) >= 11 is 1.66. The van der Waals surface area contributed by atoms with Gasteiger partial charge in [0.15, 0.2) is 0 Å². The quantitative estimate of drug-likeness (QED) is 0.226. The second kappa shape index (κ2) is 9.55. The molecular formula is C29H22N4O3S. The van der Waals surface area contributed by atoms with Crippen molar-refractivity contribution >= 4 is 40.4 Å². The molecule has 0 N–H and O–H groups in total. The highest BCUT2D eigenvalue weighted by Gasteiger charge is 2.34. The molecule has 6 rings (SSSR count). The standard InChI is InChI=1S/C29H22N4O3S/c34-29(32-24-10-4-6-12-27(24)37-28-13-7-5-11-25(28)32)19-31-26(21-14-16-22(17-15-21)33(35)36)18-23(30-31)20-8-2-1-3-9-20/h1-17,26H,18-19H2. The SMILES string of the molecule is O=C(CN1N=C(c2ccccc2)CC1c1ccc([N+](=O)[O-])cc1)N1c2ccccc2Sc2ccccc21. The Morgan fingerprint density at radius 2 is 1.46 bits per heavy atom. The van der Waals surface area contributed by atoms with Gasteiger partial charge in [0.25, 0.3) is 11.6 Å². The number of non-ortho nitro benzene ring substituents is 1. The highest BCUT2D eigenvalue weighted by molar-refractivity contribution is 7.99. The van der Waals surface area contributed by atoms with E-state index >= 15 is 0 Å². The normalized spacial score (nSPS) is 16.1. The molecule has 0 fully saturated rings. The van der Waals surface area contributed by atoms with Gasteiger partial charge in [0.1, 0.15) is 6.54 Å². The van der Waals surface area contributed by atoms with Crippen LogP contribution in [0.4, 0.5) is 17.1 Å². The van der Waals surface area contributed by atoms with E-state index in [0.29, 0.717) is 6.42 Å². The van der Waals surface area contributed by atoms with Crippen LogP contribution in [0.25, 0.3) is 0 Å². The number of rotatable bonds is 5. The summed E-state index contributed by atoms with van der Waals surface area (Å²) in [4.78, 5) is 28.6. The first-order chi connectivity index (χ1) is 18.1. The molecule has 0 saturated heterocycles. The lowest BCUT2D eigenvalue weighted by molar-refractivity contribution is -0.384. The molecule has 182 valence electrons. The van der Waals surface area contributed by atoms with Crippen LogP contribution < -0.4 is 4.90 Å². The zero-order valence-electron chi connectivity index (χ0n) is 19.7. The number of anilines is 2. The van der Waals surface area contributed by atoms with Crippen LogP contribution in [0.1, 0.15) is 23.6 Å². The predicted molar refractivity (Wildman–Crippen MR) is 144 cm³/mol. The van der Waals surface area contributed by atoms with Crippen LogP contribution in [0.15, 0.2) is 118 Å². The molecule has 4 aromatic carbocycles. The molecular weight excluding hydrogens is 484 g/mol. The largest absolute Gasteiger partial charge is 0.279 e. The third-order valence-corrected chi connectivity index (χ3v) is 7.70. The molecule has 2 aliphatic rings. The second-order valence-electron chi connectivity index (χ2n) is 8.85. The average Bonchev–Trinajstić information content (AvgIpc) is 3.35. The first-order valence-electron chi connectivity index (χ1n) is 11.9. The molecule has 0 bridgehead atoms. The summed E-state index contributed by atoms with van der Waals surface area (Å²) in [5, 5.41) is 17.9. The van der Waals surface area contributed by atoms with Crippen LogP contribution in [0, 0.1) is 10.1 Å². The molecule has 0 saturated carbocycles. The number of fused-ring (bicyclic) bond motifs is 2. The van der Waals surface area contributed by atoms with Crippen molar-refractivity contribution in [2.75, 3.05) is 11.4 Å². The van der Waals surface area contributed by atoms with Crippen LogP contribution in [0.2, 0.25) is 0 Å². The minimum Gasteiger partial charge on any atom is -0.279 e. The van der Waals surface area contributed by atoms with Gasteiger partial charge in [0, 0.05) is 28.3 Å². The van der Waals surface area contributed by atoms with Gasteiger partial charge in [-0.05, 0) is 35.4 Å². The topological polar surface area (TPSA) is 79.0 Å². The number of nitro groups is 1. The van der Waals surface area contributed by atoms with E-state index in [-0.39, 0.29) is 24.2 Å². The van der Waals surface area contributed by atoms with E-state index in [1.807, 2.05) is 83.9 Å². The lowest BCUT2D eigenvalue weighted by Crippen LogP contribution is -2.37. The fourth-order valence-electron chi connectivity index (χ4n) is 4.80. The Hall–Kier alpha value is -4.43. The van der Waals surface area contributed by atoms with Crippen molar-refractivity contribution in [3.8, 4) is 0 Å². The van der Waals surface area contributed by atoms with E-state index in [1.54, 1.807) is 28.8 Å². The van der Waals surface area contributed by atoms with Gasteiger partial charge in [0.2, 0.25) is 0 Å². The van der Waals surface area contributed by atoms with Crippen molar-refractivity contribution < 1.29 is 9.72 Å². The number of para-hydroxylation sites is 2. The Kier molecular flexibility index (Phi) is 5.94. The summed E-state index contributed by atoms with van der Waals surface area (Å²) in [5.41, 5.74) is 4.50. The van der Waals surface area contributed by atoms with Crippen molar-refractivity contribution in [3.63, 3.8) is 0 Å². The second-order valence-corrected chi connectivity index (χ2v) is 9.93. The molecule has 1 atom stereocenters. The molecule has 0 spiro atoms. The van der Waals surface area contributed by atoms with Crippen molar-refractivity contribution in [3.05, 3.63) is 124 Å². The number of carbonyl (C=O) groups is 1. The van der Waals surface area contributed by atoms with Gasteiger partial charge in [-0.2, -0.15) is 5.10 Å². The third kappa shape index (κ3) is 4.36. The number of hydrogen-bond acceptors (Lipinski definition) is 6. The number of hydrogen-bond donors (Lipinski definition) is 0. The van der Waals surface area contributed by atoms with Crippen LogP contribution in [0.3, 0.4) is 0 Å². The molecule has 7 nitrogen and oxygen atoms in total. The maximum atomic E-state index is 14.0. The molecule has 2 aliphatic heterocycles. The molecule has 0 aromatic heterocycles. The monoisotopic (exact) mass is 506 g/mol. The van der Waals surface area contributed by atoms with Gasteiger partial charge in [-0.15, -0.1) is 0 Å². The smallest absolute Gasteiger partial charge is 0.269 e. The highest BCUT2D eigenvalue weighted by Crippen LogP contribution is 2.48. The van der Waals surface area contributed by atoms with Gasteiger partial charge in [-0.25, -0.2) is 0 Å². The van der Waals surface area contributed by atoms with E-state index in [0.717, 1.165) is 38.0 Å². The number of carbonyl (C=O) groups excluding carboxylic acids is 1. The third-order valence-electron chi connectivity index (χ3n) is 6.57. The first-order valence-corrected chi connectivity index (χ1v) is 12.7. The number of nitro benzene ring substituents is 1. The number of nitrogens with zero attached hydrogens (tertiary/aromatic N) is 4. The van der Waals surface area contributed by atoms with Gasteiger partial charge in [-0.1, -0.05) is 78.5 Å². The van der Waals surface area contributed by atoms with E-state index in [4.69, 9.17) is 5.10 Å². The van der Waals surface area contributed by atoms with Gasteiger partial charge in [-0.3, -0.25) is 24.8 Å². The predicted octanol–water partition coefficient (Wildman–Crippen LogP) is 6.58. The molecule has 2 heterocycles. The summed E-state index contributed by atoms with van der Waals surface area (Å²) < 4.78 is 0. The zero-order chi connectivity index (χ0) is 25.4. The fraction of sp³-hybridized carbons (Fsp3) is 0.103. The maximum absolute atomic E-state index is 14.0. The van der Waals surface area contributed by atoms with Gasteiger partial charge < -0.3 is 0 Å². The summed E-state index contributed by atoms with van der Waals surface area (Å²) in [5.74, 6) is -0.0924. The van der Waals surface area contributed by atoms with E-state index in [2.05, 4.69) is 0 Å². The lowest BCUT2D eigenvalue weighted by Gasteiger charge is -2.33. The minimum absolute atomic E-state index is 0.0348. The summed E-state index contributed by atoms with van der Waals surface area (Å²) in [7, 11) is 0. The molecule has 8 heteroatoms. The van der Waals surface area contributed by atoms with Crippen molar-refractivity contribution in [1.29, 1.82) is 0 Å². The van der Waals surface area contributed by atoms with E-state index in [1.165, 1.54) is 12.1 Å². The first kappa shape index (κ1) is 23.0. The van der Waals surface area contributed by atoms with Crippen LogP contribution >= 0.6 is 11.8 Å². The summed E-state index contributed by atoms with van der Waals surface area (Å²) in [6.45, 7) is 0.0608. The van der Waals surface area contributed by atoms with E-state index < -0.39 is 4.92 Å². The Bertz CT molecular complexity index is 1480. The summed E-state index contributed by atoms with van der Waals surface area (Å²) in [6.07, 6.45) is 0.595. The summed E-state index contributed by atoms with van der Waals surface area (Å²) in [6, 6.07) is 32.0. The maximum Gasteiger partial charge on any atom is 0.269 e. The fourth-order valence-corrected chi connectivity index (χ4v) is 5.85. The number of hydrazone groups is 1. The molecule has 0 aliphatic carbocycles. The van der Waals surface area contributed by atoms with Crippen molar-refractivity contribution in [2.45, 2.75) is 22.3 Å². The van der Waals surface area contributed by atoms with Gasteiger partial charge in [0.05, 0.1) is 28.1 Å². The Morgan fingerprint density at radius 1 is 0.865 bits per heavy atom. The molecule has 1 amide bonds. The minimum atomic E-state index is -0.408. The van der Waals surface area contributed by atoms with Crippen molar-refractivity contribution in [2.24, 2.45) is 5.10 Å². The molecule has 4 aromatic rings. The van der Waals surface area contributed by atoms with Crippen LogP contribution in [-0.4, -0.2) is 28.1 Å². The Labute approximate surface area is 218 Å². The average molecular weight is 507 g/mol.